The second-order valence-electron chi connectivity index (χ2n) is 0.513. The Hall–Kier alpha value is 0.0700. The lowest BCUT2D eigenvalue weighted by atomic mass is 14.0. The van der Waals surface area contributed by atoms with E-state index in [-0.39, 0.29) is 7.58 Å². The topological polar surface area (TPSA) is 113 Å². The van der Waals surface area contributed by atoms with Crippen molar-refractivity contribution in [1.82, 2.24) is 6.15 Å². The average Bonchev–Trinajstić information content (AvgIpc) is 0.722. The molecule has 0 aromatic carbocycles. The van der Waals surface area contributed by atoms with Crippen molar-refractivity contribution in [3.63, 3.8) is 0 Å². The number of hydrogen-bond acceptors (Lipinski definition) is 2. The highest BCUT2D eigenvalue weighted by atomic mass is 31.2. The smallest absolute Gasteiger partial charge is 0.344 e. The Bertz CT molecular complexity index is 57.8. The summed E-state index contributed by atoms with van der Waals surface area (Å²) < 4.78 is 8.88. The van der Waals surface area contributed by atoms with Crippen molar-refractivity contribution in [2.45, 2.75) is 0 Å². The lowest BCUT2D eigenvalue weighted by molar-refractivity contribution is 0.275. The number of rotatable bonds is 0. The van der Waals surface area contributed by atoms with Crippen LogP contribution in [-0.2, 0) is 4.57 Å². The maximum atomic E-state index is 8.88. The van der Waals surface area contributed by atoms with Gasteiger partial charge >= 0.3 is 7.82 Å². The maximum Gasteiger partial charge on any atom is 0.466 e. The minimum Gasteiger partial charge on any atom is -0.344 e. The summed E-state index contributed by atoms with van der Waals surface area (Å²) >= 11 is 0. The highest BCUT2D eigenvalue weighted by Crippen LogP contribution is 2.25. The van der Waals surface area contributed by atoms with E-state index in [9.17, 15) is 0 Å². The number of phosphoric acid groups is 1. The Kier molecular flexibility index (Phi) is 3.58. The summed E-state index contributed by atoms with van der Waals surface area (Å²) in [4.78, 5) is 21.6. The van der Waals surface area contributed by atoms with E-state index >= 15 is 0 Å². The Morgan fingerprint density at radius 1 is 1.33 bits per heavy atom. The Balaban J connectivity index is -0.0000000800. The van der Waals surface area contributed by atoms with E-state index in [0.29, 0.717) is 0 Å². The first-order valence-electron chi connectivity index (χ1n) is 0.783. The molecule has 6 N–H and O–H groups in total. The molecule has 0 fully saturated rings. The second kappa shape index (κ2) is 2.28. The summed E-state index contributed by atoms with van der Waals surface area (Å²) in [5.41, 5.74) is 0. The van der Waals surface area contributed by atoms with Crippen molar-refractivity contribution in [3.8, 4) is 0 Å². The Labute approximate surface area is 35.9 Å². The van der Waals surface area contributed by atoms with Gasteiger partial charge in [0.15, 0.2) is 0 Å². The van der Waals surface area contributed by atoms with Crippen LogP contribution in [0.1, 0.15) is 1.43 Å². The second-order valence-corrected chi connectivity index (χ2v) is 1.54. The van der Waals surface area contributed by atoms with Crippen LogP contribution in [0.15, 0.2) is 0 Å². The van der Waals surface area contributed by atoms with Gasteiger partial charge in [0, 0.05) is 1.43 Å². The van der Waals surface area contributed by atoms with Crippen LogP contribution < -0.4 is 6.15 Å². The van der Waals surface area contributed by atoms with Crippen LogP contribution >= 0.6 is 7.82 Å². The SMILES string of the molecule is N.O=P(O)(O)O.[2HH]. The minimum atomic E-state index is -4.64. The lowest BCUT2D eigenvalue weighted by Gasteiger charge is -1.82. The zero-order valence-electron chi connectivity index (χ0n) is 2.90. The molecule has 6 heteroatoms. The quantitative estimate of drug-likeness (QED) is 0.319. The molecule has 0 saturated heterocycles. The molecular weight excluding hydrogens is 109 g/mol. The van der Waals surface area contributed by atoms with Gasteiger partial charge in [-0.25, -0.2) is 4.57 Å². The lowest BCUT2D eigenvalue weighted by Crippen LogP contribution is -1.66. The van der Waals surface area contributed by atoms with E-state index in [1.165, 1.54) is 0 Å². The van der Waals surface area contributed by atoms with E-state index in [1.807, 2.05) is 0 Å². The summed E-state index contributed by atoms with van der Waals surface area (Å²) in [6.45, 7) is 0. The van der Waals surface area contributed by atoms with Gasteiger partial charge in [0.05, 0.1) is 0 Å². The molecule has 0 unspecified atom stereocenters. The maximum absolute atomic E-state index is 8.88. The predicted molar refractivity (Wildman–Crippen MR) is 21.4 cm³/mol. The normalized spacial score (nSPS) is 9.83. The van der Waals surface area contributed by atoms with Crippen LogP contribution in [-0.4, -0.2) is 14.7 Å². The zero-order chi connectivity index (χ0) is 4.50. The van der Waals surface area contributed by atoms with Crippen LogP contribution in [0.4, 0.5) is 0 Å². The fraction of sp³-hybridized carbons (Fsp3) is 0. The van der Waals surface area contributed by atoms with Gasteiger partial charge in [-0.15, -0.1) is 0 Å². The molecule has 6 heavy (non-hydrogen) atoms. The molecular formula is H8NO4P. The van der Waals surface area contributed by atoms with E-state index in [4.69, 9.17) is 19.2 Å². The van der Waals surface area contributed by atoms with Gasteiger partial charge in [-0.2, -0.15) is 0 Å². The molecule has 0 rings (SSSR count). The third-order valence-electron chi connectivity index (χ3n) is 0. The molecule has 0 bridgehead atoms. The molecule has 0 spiro atoms. The van der Waals surface area contributed by atoms with Crippen molar-refractivity contribution < 1.29 is 20.7 Å². The van der Waals surface area contributed by atoms with E-state index in [1.54, 1.807) is 0 Å². The number of hydrogen-bond donors (Lipinski definition) is 4. The van der Waals surface area contributed by atoms with Gasteiger partial charge < -0.3 is 20.8 Å². The van der Waals surface area contributed by atoms with Gasteiger partial charge in [0.1, 0.15) is 0 Å². The molecule has 0 aliphatic rings. The predicted octanol–water partition coefficient (Wildman–Crippen LogP) is -0.521. The monoisotopic (exact) mass is 118 g/mol. The summed E-state index contributed by atoms with van der Waals surface area (Å²) in [7, 11) is -4.64. The molecule has 0 aliphatic carbocycles. The summed E-state index contributed by atoms with van der Waals surface area (Å²) in [6.07, 6.45) is 0. The largest absolute Gasteiger partial charge is 0.466 e. The molecule has 0 atom stereocenters. The first kappa shape index (κ1) is 9.42. The summed E-state index contributed by atoms with van der Waals surface area (Å²) in [6, 6.07) is 0. The zero-order valence-corrected chi connectivity index (χ0v) is 3.80. The van der Waals surface area contributed by atoms with Crippen molar-refractivity contribution in [2.75, 3.05) is 0 Å². The van der Waals surface area contributed by atoms with Crippen LogP contribution in [0, 0.1) is 0 Å². The van der Waals surface area contributed by atoms with Crippen LogP contribution in [0.3, 0.4) is 0 Å². The van der Waals surface area contributed by atoms with E-state index in [0.717, 1.165) is 0 Å². The molecule has 0 heterocycles. The minimum absolute atomic E-state index is 0. The highest BCUT2D eigenvalue weighted by molar-refractivity contribution is 7.45. The highest BCUT2D eigenvalue weighted by Gasteiger charge is 2.00. The molecule has 0 aliphatic heterocycles. The Morgan fingerprint density at radius 2 is 1.33 bits per heavy atom. The van der Waals surface area contributed by atoms with E-state index < -0.39 is 7.82 Å². The summed E-state index contributed by atoms with van der Waals surface area (Å²) in [5, 5.41) is 0. The molecule has 42 valence electrons. The van der Waals surface area contributed by atoms with E-state index in [2.05, 4.69) is 0 Å². The van der Waals surface area contributed by atoms with Gasteiger partial charge in [-0.3, -0.25) is 0 Å². The summed E-state index contributed by atoms with van der Waals surface area (Å²) in [5.74, 6) is 0. The van der Waals surface area contributed by atoms with Crippen molar-refractivity contribution in [2.24, 2.45) is 0 Å². The molecule has 5 nitrogen and oxygen atoms in total. The van der Waals surface area contributed by atoms with Gasteiger partial charge in [0.2, 0.25) is 0 Å². The van der Waals surface area contributed by atoms with Crippen molar-refractivity contribution in [3.05, 3.63) is 0 Å². The average molecular weight is 118 g/mol. The fourth-order valence-corrected chi connectivity index (χ4v) is 0. The molecule has 0 amide bonds. The van der Waals surface area contributed by atoms with Crippen molar-refractivity contribution in [1.29, 1.82) is 0 Å². The molecule has 0 saturated carbocycles. The first-order valence-corrected chi connectivity index (χ1v) is 2.35. The van der Waals surface area contributed by atoms with Gasteiger partial charge in [-0.1, -0.05) is 0 Å². The first-order chi connectivity index (χ1) is 2.00. The van der Waals surface area contributed by atoms with Crippen LogP contribution in [0.5, 0.6) is 0 Å². The van der Waals surface area contributed by atoms with Crippen molar-refractivity contribution >= 4 is 7.82 Å². The van der Waals surface area contributed by atoms with Crippen LogP contribution in [0.25, 0.3) is 0 Å². The third-order valence-corrected chi connectivity index (χ3v) is 0. The third kappa shape index (κ3) is 7830. The molecule has 0 aromatic rings. The molecule has 0 radical (unpaired) electrons. The standard InChI is InChI=1S/H3N.H3O4P.H2/c;1-5(2,3)4;/h1H3;(H3,1,2,3,4);1H/i;;1+1. The fourth-order valence-electron chi connectivity index (χ4n) is 0. The van der Waals surface area contributed by atoms with Gasteiger partial charge in [0.25, 0.3) is 0 Å². The van der Waals surface area contributed by atoms with Gasteiger partial charge in [-0.05, 0) is 0 Å². The van der Waals surface area contributed by atoms with Crippen LogP contribution in [0.2, 0.25) is 0 Å². The molecule has 0 aromatic heterocycles. The Morgan fingerprint density at radius 3 is 1.33 bits per heavy atom.